The van der Waals surface area contributed by atoms with Crippen LogP contribution >= 0.6 is 11.6 Å². The Morgan fingerprint density at radius 3 is 2.36 bits per heavy atom. The minimum absolute atomic E-state index is 0.0349. The van der Waals surface area contributed by atoms with Gasteiger partial charge in [0.2, 0.25) is 0 Å². The van der Waals surface area contributed by atoms with Crippen LogP contribution in [0.3, 0.4) is 0 Å². The molecule has 0 radical (unpaired) electrons. The average Bonchev–Trinajstić information content (AvgIpc) is 2.16. The monoisotopic (exact) mass is 211 g/mol. The second-order valence-electron chi connectivity index (χ2n) is 2.86. The number of aliphatic carboxylic acids is 1. The number of carboxylic acids is 1. The van der Waals surface area contributed by atoms with Crippen LogP contribution in [0.2, 0.25) is 5.02 Å². The number of rotatable bonds is 3. The zero-order chi connectivity index (χ0) is 10.7. The second-order valence-corrected chi connectivity index (χ2v) is 3.30. The van der Waals surface area contributed by atoms with E-state index in [9.17, 15) is 4.79 Å². The van der Waals surface area contributed by atoms with E-state index in [1.165, 1.54) is 0 Å². The topological polar surface area (TPSA) is 63.3 Å². The molecule has 1 aromatic rings. The van der Waals surface area contributed by atoms with E-state index < -0.39 is 12.0 Å². The number of nitrogens with two attached hydrogens (primary N) is 1. The highest BCUT2D eigenvalue weighted by molar-refractivity contribution is 6.30. The Morgan fingerprint density at radius 2 is 1.93 bits per heavy atom. The van der Waals surface area contributed by atoms with Gasteiger partial charge in [0, 0.05) is 5.02 Å². The molecule has 0 aliphatic heterocycles. The van der Waals surface area contributed by atoms with Crippen molar-refractivity contribution in [3.63, 3.8) is 0 Å². The third-order valence-electron chi connectivity index (χ3n) is 1.88. The van der Waals surface area contributed by atoms with E-state index in [-0.39, 0.29) is 5.57 Å². The van der Waals surface area contributed by atoms with Gasteiger partial charge in [0.25, 0.3) is 0 Å². The summed E-state index contributed by atoms with van der Waals surface area (Å²) in [4.78, 5) is 10.6. The summed E-state index contributed by atoms with van der Waals surface area (Å²) in [6, 6.07) is 5.99. The first-order valence-electron chi connectivity index (χ1n) is 3.95. The molecule has 0 saturated heterocycles. The largest absolute Gasteiger partial charge is 0.478 e. The molecule has 3 N–H and O–H groups in total. The number of benzene rings is 1. The fourth-order valence-electron chi connectivity index (χ4n) is 1.00. The number of carboxylic acid groups (broad SMARTS) is 1. The number of hydrogen-bond acceptors (Lipinski definition) is 2. The first-order valence-corrected chi connectivity index (χ1v) is 4.33. The van der Waals surface area contributed by atoms with Gasteiger partial charge >= 0.3 is 5.97 Å². The fraction of sp³-hybridized carbons (Fsp3) is 0.100. The van der Waals surface area contributed by atoms with Crippen LogP contribution in [0.4, 0.5) is 0 Å². The van der Waals surface area contributed by atoms with Gasteiger partial charge in [-0.25, -0.2) is 4.79 Å². The SMILES string of the molecule is C=C(C(=O)O)C(N)c1ccc(Cl)cc1. The van der Waals surface area contributed by atoms with Crippen LogP contribution in [0.1, 0.15) is 11.6 Å². The van der Waals surface area contributed by atoms with E-state index >= 15 is 0 Å². The molecule has 1 atom stereocenters. The smallest absolute Gasteiger partial charge is 0.332 e. The first-order chi connectivity index (χ1) is 6.52. The normalized spacial score (nSPS) is 12.1. The van der Waals surface area contributed by atoms with Crippen molar-refractivity contribution in [3.05, 3.63) is 47.0 Å². The van der Waals surface area contributed by atoms with Crippen molar-refractivity contribution in [2.45, 2.75) is 6.04 Å². The van der Waals surface area contributed by atoms with Crippen LogP contribution in [0.15, 0.2) is 36.4 Å². The van der Waals surface area contributed by atoms with E-state index in [4.69, 9.17) is 22.4 Å². The number of hydrogen-bond donors (Lipinski definition) is 2. The summed E-state index contributed by atoms with van der Waals surface area (Å²) in [5.41, 5.74) is 6.31. The fourth-order valence-corrected chi connectivity index (χ4v) is 1.13. The molecule has 3 nitrogen and oxygen atoms in total. The van der Waals surface area contributed by atoms with Gasteiger partial charge in [-0.15, -0.1) is 0 Å². The lowest BCUT2D eigenvalue weighted by molar-refractivity contribution is -0.132. The molecule has 0 heterocycles. The maximum atomic E-state index is 10.6. The molecule has 0 amide bonds. The van der Waals surface area contributed by atoms with Crippen LogP contribution in [0, 0.1) is 0 Å². The van der Waals surface area contributed by atoms with Crippen molar-refractivity contribution in [1.29, 1.82) is 0 Å². The molecule has 0 fully saturated rings. The van der Waals surface area contributed by atoms with Gasteiger partial charge in [-0.05, 0) is 17.7 Å². The zero-order valence-corrected chi connectivity index (χ0v) is 8.16. The predicted octanol–water partition coefficient (Wildman–Crippen LogP) is 1.98. The van der Waals surface area contributed by atoms with Crippen molar-refractivity contribution in [2.24, 2.45) is 5.73 Å². The third kappa shape index (κ3) is 2.34. The average molecular weight is 212 g/mol. The molecule has 4 heteroatoms. The van der Waals surface area contributed by atoms with Crippen LogP contribution < -0.4 is 5.73 Å². The Balaban J connectivity index is 2.89. The summed E-state index contributed by atoms with van der Waals surface area (Å²) in [6.07, 6.45) is 0. The minimum Gasteiger partial charge on any atom is -0.478 e. The van der Waals surface area contributed by atoms with Crippen molar-refractivity contribution in [2.75, 3.05) is 0 Å². The van der Waals surface area contributed by atoms with Crippen LogP contribution in [-0.4, -0.2) is 11.1 Å². The zero-order valence-electron chi connectivity index (χ0n) is 7.40. The van der Waals surface area contributed by atoms with E-state index in [1.807, 2.05) is 0 Å². The van der Waals surface area contributed by atoms with Crippen molar-refractivity contribution >= 4 is 17.6 Å². The quantitative estimate of drug-likeness (QED) is 0.752. The van der Waals surface area contributed by atoms with Gasteiger partial charge in [0.1, 0.15) is 0 Å². The highest BCUT2D eigenvalue weighted by Crippen LogP contribution is 2.19. The second kappa shape index (κ2) is 4.26. The summed E-state index contributed by atoms with van der Waals surface area (Å²) >= 11 is 5.68. The highest BCUT2D eigenvalue weighted by Gasteiger charge is 2.15. The van der Waals surface area contributed by atoms with Crippen LogP contribution in [0.5, 0.6) is 0 Å². The standard InChI is InChI=1S/C10H10ClNO2/c1-6(10(13)14)9(12)7-2-4-8(11)5-3-7/h2-5,9H,1,12H2,(H,13,14). The predicted molar refractivity (Wildman–Crippen MR) is 55.2 cm³/mol. The number of carbonyl (C=O) groups is 1. The molecule has 74 valence electrons. The maximum absolute atomic E-state index is 10.6. The maximum Gasteiger partial charge on any atom is 0.332 e. The van der Waals surface area contributed by atoms with Gasteiger partial charge < -0.3 is 10.8 Å². The summed E-state index contributed by atoms with van der Waals surface area (Å²) in [6.45, 7) is 3.40. The molecule has 0 aromatic heterocycles. The van der Waals surface area contributed by atoms with E-state index in [0.29, 0.717) is 10.6 Å². The molecule has 14 heavy (non-hydrogen) atoms. The highest BCUT2D eigenvalue weighted by atomic mass is 35.5. The number of halogens is 1. The molecular formula is C10H10ClNO2. The van der Waals surface area contributed by atoms with Crippen molar-refractivity contribution in [3.8, 4) is 0 Å². The summed E-state index contributed by atoms with van der Waals surface area (Å²) in [5, 5.41) is 9.25. The Labute approximate surface area is 86.8 Å². The first kappa shape index (κ1) is 10.8. The van der Waals surface area contributed by atoms with Gasteiger partial charge in [0.05, 0.1) is 11.6 Å². The van der Waals surface area contributed by atoms with E-state index in [0.717, 1.165) is 0 Å². The summed E-state index contributed by atoms with van der Waals surface area (Å²) in [7, 11) is 0. The Morgan fingerprint density at radius 1 is 1.43 bits per heavy atom. The molecule has 0 bridgehead atoms. The van der Waals surface area contributed by atoms with Crippen molar-refractivity contribution < 1.29 is 9.90 Å². The molecule has 0 spiro atoms. The van der Waals surface area contributed by atoms with Gasteiger partial charge in [-0.1, -0.05) is 30.3 Å². The Hall–Kier alpha value is -1.32. The summed E-state index contributed by atoms with van der Waals surface area (Å²) in [5.74, 6) is -1.09. The third-order valence-corrected chi connectivity index (χ3v) is 2.13. The van der Waals surface area contributed by atoms with Crippen LogP contribution in [0.25, 0.3) is 0 Å². The molecule has 0 aliphatic rings. The van der Waals surface area contributed by atoms with E-state index in [1.54, 1.807) is 24.3 Å². The molecular weight excluding hydrogens is 202 g/mol. The van der Waals surface area contributed by atoms with Crippen LogP contribution in [-0.2, 0) is 4.79 Å². The molecule has 0 saturated carbocycles. The van der Waals surface area contributed by atoms with E-state index in [2.05, 4.69) is 6.58 Å². The molecule has 1 rings (SSSR count). The molecule has 0 aliphatic carbocycles. The lowest BCUT2D eigenvalue weighted by Crippen LogP contribution is -2.18. The summed E-state index contributed by atoms with van der Waals surface area (Å²) < 4.78 is 0. The lowest BCUT2D eigenvalue weighted by atomic mass is 10.0. The molecule has 1 unspecified atom stereocenters. The molecule has 1 aromatic carbocycles. The van der Waals surface area contributed by atoms with Gasteiger partial charge in [-0.2, -0.15) is 0 Å². The Bertz CT molecular complexity index is 359. The van der Waals surface area contributed by atoms with Crippen molar-refractivity contribution in [1.82, 2.24) is 0 Å². The lowest BCUT2D eigenvalue weighted by Gasteiger charge is -2.11. The Kier molecular flexibility index (Phi) is 3.28. The van der Waals surface area contributed by atoms with Gasteiger partial charge in [0.15, 0.2) is 0 Å². The van der Waals surface area contributed by atoms with Gasteiger partial charge in [-0.3, -0.25) is 0 Å². The minimum atomic E-state index is -1.09.